The van der Waals surface area contributed by atoms with E-state index in [1.807, 2.05) is 12.1 Å². The van der Waals surface area contributed by atoms with E-state index < -0.39 is 11.2 Å². The molecule has 2 aromatic carbocycles. The fourth-order valence-electron chi connectivity index (χ4n) is 6.01. The lowest BCUT2D eigenvalue weighted by Gasteiger charge is -2.51. The Bertz CT molecular complexity index is 989. The van der Waals surface area contributed by atoms with Gasteiger partial charge in [0.05, 0.1) is 10.4 Å². The number of anilines is 1. The first-order valence-electron chi connectivity index (χ1n) is 10.3. The number of amides is 1. The summed E-state index contributed by atoms with van der Waals surface area (Å²) in [7, 11) is 0. The third-order valence-corrected chi connectivity index (χ3v) is 7.88. The Hall–Kier alpha value is -1.62. The van der Waals surface area contributed by atoms with Gasteiger partial charge in [0.1, 0.15) is 5.82 Å². The molecule has 1 saturated heterocycles. The van der Waals surface area contributed by atoms with Crippen molar-refractivity contribution in [2.24, 2.45) is 5.41 Å². The number of carbonyl (C=O) groups excluding carboxylic acids is 1. The Labute approximate surface area is 180 Å². The number of carbonyl (C=O) groups is 1. The Morgan fingerprint density at radius 2 is 1.86 bits per heavy atom. The van der Waals surface area contributed by atoms with E-state index in [9.17, 15) is 4.79 Å². The van der Waals surface area contributed by atoms with Crippen LogP contribution >= 0.6 is 23.2 Å². The molecule has 2 atom stereocenters. The van der Waals surface area contributed by atoms with Gasteiger partial charge in [-0.15, -0.1) is 0 Å². The first-order valence-corrected chi connectivity index (χ1v) is 11.0. The lowest BCUT2D eigenvalue weighted by molar-refractivity contribution is -0.131. The van der Waals surface area contributed by atoms with Crippen LogP contribution in [0.2, 0.25) is 10.0 Å². The van der Waals surface area contributed by atoms with Gasteiger partial charge in [-0.05, 0) is 48.6 Å². The molecule has 152 valence electrons. The maximum Gasteiger partial charge on any atom is 0.233 e. The molecule has 2 spiro atoms. The van der Waals surface area contributed by atoms with Gasteiger partial charge in [-0.2, -0.15) is 0 Å². The second kappa shape index (κ2) is 6.97. The van der Waals surface area contributed by atoms with Gasteiger partial charge in [0.15, 0.2) is 0 Å². The number of hydrogen-bond acceptors (Lipinski definition) is 2. The molecular weight excluding hydrogens is 410 g/mol. The van der Waals surface area contributed by atoms with Crippen LogP contribution in [-0.4, -0.2) is 18.0 Å². The van der Waals surface area contributed by atoms with Crippen LogP contribution in [0.1, 0.15) is 49.1 Å². The first-order chi connectivity index (χ1) is 14.0. The third-order valence-electron chi connectivity index (χ3n) is 7.35. The second-order valence-corrected chi connectivity index (χ2v) is 9.47. The normalized spacial score (nSPS) is 27.8. The quantitative estimate of drug-likeness (QED) is 0.606. The molecule has 0 bridgehead atoms. The summed E-state index contributed by atoms with van der Waals surface area (Å²) >= 11 is 12.3. The van der Waals surface area contributed by atoms with Gasteiger partial charge in [0.25, 0.3) is 0 Å². The van der Waals surface area contributed by atoms with Crippen molar-refractivity contribution >= 4 is 34.8 Å². The number of benzene rings is 2. The zero-order valence-corrected chi connectivity index (χ0v) is 17.5. The van der Waals surface area contributed by atoms with Gasteiger partial charge in [-0.25, -0.2) is 4.39 Å². The molecule has 1 saturated carbocycles. The Morgan fingerprint density at radius 1 is 1.07 bits per heavy atom. The number of nitrogens with one attached hydrogen (secondary N) is 2. The molecule has 2 aliphatic heterocycles. The summed E-state index contributed by atoms with van der Waals surface area (Å²) in [6, 6.07) is 10.8. The van der Waals surface area contributed by atoms with Gasteiger partial charge in [0.2, 0.25) is 5.91 Å². The summed E-state index contributed by atoms with van der Waals surface area (Å²) < 4.78 is 15.1. The topological polar surface area (TPSA) is 41.1 Å². The lowest BCUT2D eigenvalue weighted by Crippen LogP contribution is -2.61. The number of halogens is 3. The summed E-state index contributed by atoms with van der Waals surface area (Å²) in [6.07, 6.45) is 5.71. The van der Waals surface area contributed by atoms with Crippen molar-refractivity contribution in [3.63, 3.8) is 0 Å². The minimum atomic E-state index is -0.764. The first kappa shape index (κ1) is 19.3. The van der Waals surface area contributed by atoms with Crippen LogP contribution in [0, 0.1) is 11.2 Å². The van der Waals surface area contributed by atoms with Crippen LogP contribution in [0.4, 0.5) is 10.1 Å². The van der Waals surface area contributed by atoms with Crippen LogP contribution in [0.15, 0.2) is 36.4 Å². The zero-order valence-electron chi connectivity index (χ0n) is 16.0. The molecule has 29 heavy (non-hydrogen) atoms. The maximum atomic E-state index is 15.1. The van der Waals surface area contributed by atoms with Crippen molar-refractivity contribution in [2.45, 2.75) is 50.0 Å². The lowest BCUT2D eigenvalue weighted by atomic mass is 9.55. The molecular formula is C23H23Cl2FN2O. The van der Waals surface area contributed by atoms with E-state index in [0.717, 1.165) is 36.9 Å². The Morgan fingerprint density at radius 3 is 2.66 bits per heavy atom. The standard InChI is InChI=1S/C23H23Cl2FN2O/c24-15-8-7-14-12-23(21(29)28-19(14)11-15)17(16-5-4-6-18(25)20(16)26)13-27-22(23)9-2-1-3-10-22/h4-8,11,17,27H,1-3,9-10,12-13H2,(H,28,29)/t17-,23-/m1/s1. The van der Waals surface area contributed by atoms with Crippen molar-refractivity contribution in [2.75, 3.05) is 11.9 Å². The molecule has 2 heterocycles. The van der Waals surface area contributed by atoms with E-state index in [0.29, 0.717) is 23.6 Å². The molecule has 3 nitrogen and oxygen atoms in total. The average Bonchev–Trinajstić information content (AvgIpc) is 3.00. The van der Waals surface area contributed by atoms with Crippen LogP contribution in [0.3, 0.4) is 0 Å². The highest BCUT2D eigenvalue weighted by molar-refractivity contribution is 6.31. The predicted octanol–water partition coefficient (Wildman–Crippen LogP) is 5.70. The Balaban J connectivity index is 1.70. The van der Waals surface area contributed by atoms with Crippen LogP contribution in [0.25, 0.3) is 0 Å². The number of hydrogen-bond donors (Lipinski definition) is 2. The number of rotatable bonds is 1. The fraction of sp³-hybridized carbons (Fsp3) is 0.435. The molecule has 0 aromatic heterocycles. The molecule has 2 fully saturated rings. The Kier molecular flexibility index (Phi) is 4.65. The summed E-state index contributed by atoms with van der Waals surface area (Å²) in [6.45, 7) is 0.563. The summed E-state index contributed by atoms with van der Waals surface area (Å²) in [5.41, 5.74) is 1.23. The third kappa shape index (κ3) is 2.76. The van der Waals surface area contributed by atoms with Crippen molar-refractivity contribution in [3.05, 3.63) is 63.4 Å². The largest absolute Gasteiger partial charge is 0.325 e. The molecule has 6 heteroatoms. The van der Waals surface area contributed by atoms with Crippen molar-refractivity contribution in [3.8, 4) is 0 Å². The van der Waals surface area contributed by atoms with Gasteiger partial charge >= 0.3 is 0 Å². The van der Waals surface area contributed by atoms with Gasteiger partial charge in [-0.1, -0.05) is 60.7 Å². The predicted molar refractivity (Wildman–Crippen MR) is 114 cm³/mol. The maximum absolute atomic E-state index is 15.1. The molecule has 0 radical (unpaired) electrons. The smallest absolute Gasteiger partial charge is 0.233 e. The van der Waals surface area contributed by atoms with Crippen molar-refractivity contribution in [1.82, 2.24) is 5.32 Å². The SMILES string of the molecule is O=C1Nc2cc(Cl)ccc2C[C@@]12[C@@H](c1cccc(Cl)c1F)CNC21CCCCC1. The van der Waals surface area contributed by atoms with Crippen molar-refractivity contribution < 1.29 is 9.18 Å². The summed E-state index contributed by atoms with van der Waals surface area (Å²) in [4.78, 5) is 13.8. The van der Waals surface area contributed by atoms with Crippen LogP contribution in [0.5, 0.6) is 0 Å². The monoisotopic (exact) mass is 432 g/mol. The minimum absolute atomic E-state index is 0.0384. The van der Waals surface area contributed by atoms with Crippen LogP contribution in [-0.2, 0) is 11.2 Å². The van der Waals surface area contributed by atoms with E-state index in [1.165, 1.54) is 6.42 Å². The van der Waals surface area contributed by atoms with Gasteiger partial charge in [0, 0.05) is 28.7 Å². The highest BCUT2D eigenvalue weighted by Gasteiger charge is 2.65. The van der Waals surface area contributed by atoms with E-state index in [1.54, 1.807) is 24.3 Å². The van der Waals surface area contributed by atoms with E-state index in [2.05, 4.69) is 10.6 Å². The van der Waals surface area contributed by atoms with Gasteiger partial charge < -0.3 is 10.6 Å². The van der Waals surface area contributed by atoms with E-state index in [-0.39, 0.29) is 22.4 Å². The fourth-order valence-corrected chi connectivity index (χ4v) is 6.36. The number of fused-ring (bicyclic) bond motifs is 2. The van der Waals surface area contributed by atoms with E-state index >= 15 is 4.39 Å². The minimum Gasteiger partial charge on any atom is -0.325 e. The molecule has 1 amide bonds. The highest BCUT2D eigenvalue weighted by Crippen LogP contribution is 2.59. The summed E-state index contributed by atoms with van der Waals surface area (Å²) in [5, 5.41) is 7.52. The zero-order chi connectivity index (χ0) is 20.2. The van der Waals surface area contributed by atoms with Gasteiger partial charge in [-0.3, -0.25) is 4.79 Å². The molecule has 2 aromatic rings. The molecule has 0 unspecified atom stereocenters. The molecule has 5 rings (SSSR count). The molecule has 1 aliphatic carbocycles. The molecule has 3 aliphatic rings. The van der Waals surface area contributed by atoms with Crippen LogP contribution < -0.4 is 10.6 Å². The second-order valence-electron chi connectivity index (χ2n) is 8.62. The van der Waals surface area contributed by atoms with Crippen molar-refractivity contribution in [1.29, 1.82) is 0 Å². The summed E-state index contributed by atoms with van der Waals surface area (Å²) in [5.74, 6) is -0.741. The molecule has 2 N–H and O–H groups in total. The highest BCUT2D eigenvalue weighted by atomic mass is 35.5. The average molecular weight is 433 g/mol. The van der Waals surface area contributed by atoms with E-state index in [4.69, 9.17) is 23.2 Å².